The van der Waals surface area contributed by atoms with E-state index in [9.17, 15) is 4.79 Å². The van der Waals surface area contributed by atoms with Crippen LogP contribution in [0.3, 0.4) is 0 Å². The molecule has 0 heterocycles. The second-order valence-corrected chi connectivity index (χ2v) is 7.25. The van der Waals surface area contributed by atoms with Crippen molar-refractivity contribution in [2.75, 3.05) is 20.6 Å². The smallest absolute Gasteiger partial charge is 0.303 e. The van der Waals surface area contributed by atoms with Crippen molar-refractivity contribution in [2.24, 2.45) is 0 Å². The van der Waals surface area contributed by atoms with Crippen LogP contribution in [-0.4, -0.2) is 36.6 Å². The highest BCUT2D eigenvalue weighted by Crippen LogP contribution is 2.13. The predicted molar refractivity (Wildman–Crippen MR) is 100 cm³/mol. The summed E-state index contributed by atoms with van der Waals surface area (Å²) in [6.07, 6.45) is 20.1. The van der Waals surface area contributed by atoms with E-state index in [-0.39, 0.29) is 0 Å². The Morgan fingerprint density at radius 3 is 1.22 bits per heavy atom. The molecule has 0 bridgehead atoms. The monoisotopic (exact) mass is 327 g/mol. The van der Waals surface area contributed by atoms with Gasteiger partial charge in [0.2, 0.25) is 0 Å². The molecule has 1 N–H and O–H groups in total. The zero-order valence-electron chi connectivity index (χ0n) is 15.8. The van der Waals surface area contributed by atoms with E-state index in [0.29, 0.717) is 6.42 Å². The van der Waals surface area contributed by atoms with Crippen molar-refractivity contribution in [1.82, 2.24) is 4.90 Å². The molecule has 0 saturated heterocycles. The third kappa shape index (κ3) is 21.4. The zero-order chi connectivity index (χ0) is 17.2. The Kier molecular flexibility index (Phi) is 17.3. The van der Waals surface area contributed by atoms with Crippen LogP contribution in [0.4, 0.5) is 0 Å². The molecular formula is C20H41NO2. The third-order valence-corrected chi connectivity index (χ3v) is 4.50. The molecular weight excluding hydrogens is 286 g/mol. The topological polar surface area (TPSA) is 40.5 Å². The van der Waals surface area contributed by atoms with Gasteiger partial charge in [-0.05, 0) is 33.5 Å². The molecule has 0 amide bonds. The molecule has 0 radical (unpaired) electrons. The number of carboxylic acid groups (broad SMARTS) is 1. The van der Waals surface area contributed by atoms with Gasteiger partial charge < -0.3 is 10.0 Å². The van der Waals surface area contributed by atoms with E-state index in [0.717, 1.165) is 12.8 Å². The minimum atomic E-state index is -0.654. The standard InChI is InChI=1S/C20H41NO2/c1-21(2)19-17-15-13-11-9-7-5-3-4-6-8-10-12-14-16-18-20(22)23/h3-19H2,1-2H3,(H,22,23). The number of unbranched alkanes of at least 4 members (excludes halogenated alkanes) is 14. The van der Waals surface area contributed by atoms with Crippen LogP contribution in [0, 0.1) is 0 Å². The minimum absolute atomic E-state index is 0.343. The lowest BCUT2D eigenvalue weighted by molar-refractivity contribution is -0.137. The number of carboxylic acids is 1. The van der Waals surface area contributed by atoms with Crippen LogP contribution in [0.2, 0.25) is 0 Å². The van der Waals surface area contributed by atoms with Gasteiger partial charge in [0.05, 0.1) is 0 Å². The molecule has 3 nitrogen and oxygen atoms in total. The largest absolute Gasteiger partial charge is 0.481 e. The average molecular weight is 328 g/mol. The lowest BCUT2D eigenvalue weighted by Gasteiger charge is -2.08. The fraction of sp³-hybridized carbons (Fsp3) is 0.950. The van der Waals surface area contributed by atoms with Gasteiger partial charge in [-0.15, -0.1) is 0 Å². The maximum atomic E-state index is 10.4. The highest BCUT2D eigenvalue weighted by molar-refractivity contribution is 5.66. The van der Waals surface area contributed by atoms with Gasteiger partial charge in [0.1, 0.15) is 0 Å². The Hall–Kier alpha value is -0.570. The van der Waals surface area contributed by atoms with Crippen molar-refractivity contribution in [3.05, 3.63) is 0 Å². The summed E-state index contributed by atoms with van der Waals surface area (Å²) in [5.74, 6) is -0.654. The molecule has 0 aliphatic heterocycles. The molecule has 3 heteroatoms. The van der Waals surface area contributed by atoms with Gasteiger partial charge in [-0.3, -0.25) is 4.79 Å². The Balaban J connectivity index is 2.99. The van der Waals surface area contributed by atoms with Crippen molar-refractivity contribution in [2.45, 2.75) is 103 Å². The summed E-state index contributed by atoms with van der Waals surface area (Å²) in [5, 5.41) is 8.55. The first-order valence-corrected chi connectivity index (χ1v) is 9.99. The summed E-state index contributed by atoms with van der Waals surface area (Å²) in [6, 6.07) is 0. The van der Waals surface area contributed by atoms with E-state index in [1.54, 1.807) is 0 Å². The second-order valence-electron chi connectivity index (χ2n) is 7.25. The zero-order valence-corrected chi connectivity index (χ0v) is 15.8. The number of nitrogens with zero attached hydrogens (tertiary/aromatic N) is 1. The Morgan fingerprint density at radius 2 is 0.913 bits per heavy atom. The predicted octanol–water partition coefficient (Wildman–Crippen LogP) is 5.87. The summed E-state index contributed by atoms with van der Waals surface area (Å²) >= 11 is 0. The molecule has 0 aromatic carbocycles. The highest BCUT2D eigenvalue weighted by atomic mass is 16.4. The second kappa shape index (κ2) is 17.8. The number of aliphatic carboxylic acids is 1. The fourth-order valence-corrected chi connectivity index (χ4v) is 3.00. The molecule has 23 heavy (non-hydrogen) atoms. The summed E-state index contributed by atoms with van der Waals surface area (Å²) in [7, 11) is 4.30. The summed E-state index contributed by atoms with van der Waals surface area (Å²) < 4.78 is 0. The van der Waals surface area contributed by atoms with E-state index in [1.165, 1.54) is 90.0 Å². The van der Waals surface area contributed by atoms with E-state index in [4.69, 9.17) is 5.11 Å². The lowest BCUT2D eigenvalue weighted by atomic mass is 10.0. The maximum Gasteiger partial charge on any atom is 0.303 e. The molecule has 0 atom stereocenters. The highest BCUT2D eigenvalue weighted by Gasteiger charge is 1.97. The average Bonchev–Trinajstić information content (AvgIpc) is 2.49. The van der Waals surface area contributed by atoms with Gasteiger partial charge in [0.15, 0.2) is 0 Å². The Labute approximate surface area is 144 Å². The van der Waals surface area contributed by atoms with Gasteiger partial charge in [-0.2, -0.15) is 0 Å². The van der Waals surface area contributed by atoms with E-state index >= 15 is 0 Å². The molecule has 0 saturated carbocycles. The van der Waals surface area contributed by atoms with Crippen LogP contribution >= 0.6 is 0 Å². The molecule has 138 valence electrons. The van der Waals surface area contributed by atoms with Gasteiger partial charge in [0, 0.05) is 6.42 Å². The quantitative estimate of drug-likeness (QED) is 0.320. The summed E-state index contributed by atoms with van der Waals surface area (Å²) in [4.78, 5) is 12.6. The molecule has 0 aromatic heterocycles. The van der Waals surface area contributed by atoms with Crippen LogP contribution in [0.5, 0.6) is 0 Å². The number of carbonyl (C=O) groups is 1. The molecule has 0 fully saturated rings. The van der Waals surface area contributed by atoms with Crippen LogP contribution < -0.4 is 0 Å². The van der Waals surface area contributed by atoms with Crippen molar-refractivity contribution in [3.63, 3.8) is 0 Å². The molecule has 0 aliphatic carbocycles. The van der Waals surface area contributed by atoms with Crippen molar-refractivity contribution < 1.29 is 9.90 Å². The number of hydrogen-bond donors (Lipinski definition) is 1. The van der Waals surface area contributed by atoms with Crippen LogP contribution in [0.25, 0.3) is 0 Å². The summed E-state index contributed by atoms with van der Waals surface area (Å²) in [5.41, 5.74) is 0. The van der Waals surface area contributed by atoms with Crippen LogP contribution in [-0.2, 0) is 4.79 Å². The SMILES string of the molecule is CN(C)CCCCCCCCCCCCCCCCCC(=O)O. The minimum Gasteiger partial charge on any atom is -0.481 e. The van der Waals surface area contributed by atoms with E-state index in [2.05, 4.69) is 19.0 Å². The maximum absolute atomic E-state index is 10.4. The molecule has 0 aromatic rings. The first-order valence-electron chi connectivity index (χ1n) is 9.99. The van der Waals surface area contributed by atoms with Crippen molar-refractivity contribution >= 4 is 5.97 Å². The fourth-order valence-electron chi connectivity index (χ4n) is 3.00. The van der Waals surface area contributed by atoms with Crippen molar-refractivity contribution in [3.8, 4) is 0 Å². The number of rotatable bonds is 18. The van der Waals surface area contributed by atoms with Gasteiger partial charge in [0.25, 0.3) is 0 Å². The number of hydrogen-bond acceptors (Lipinski definition) is 2. The van der Waals surface area contributed by atoms with E-state index < -0.39 is 5.97 Å². The van der Waals surface area contributed by atoms with Crippen LogP contribution in [0.1, 0.15) is 103 Å². The van der Waals surface area contributed by atoms with Crippen molar-refractivity contribution in [1.29, 1.82) is 0 Å². The third-order valence-electron chi connectivity index (χ3n) is 4.50. The first-order chi connectivity index (χ1) is 11.1. The van der Waals surface area contributed by atoms with E-state index in [1.807, 2.05) is 0 Å². The molecule has 0 rings (SSSR count). The normalized spacial score (nSPS) is 11.3. The van der Waals surface area contributed by atoms with Gasteiger partial charge in [-0.25, -0.2) is 0 Å². The first kappa shape index (κ1) is 22.4. The molecule has 0 unspecified atom stereocenters. The molecule has 0 spiro atoms. The van der Waals surface area contributed by atoms with Crippen LogP contribution in [0.15, 0.2) is 0 Å². The van der Waals surface area contributed by atoms with Gasteiger partial charge in [-0.1, -0.05) is 83.5 Å². The lowest BCUT2D eigenvalue weighted by Crippen LogP contribution is -2.12. The Bertz CT molecular complexity index is 254. The Morgan fingerprint density at radius 1 is 0.609 bits per heavy atom. The molecule has 0 aliphatic rings. The summed E-state index contributed by atoms with van der Waals surface area (Å²) in [6.45, 7) is 1.24. The van der Waals surface area contributed by atoms with Gasteiger partial charge >= 0.3 is 5.97 Å².